The summed E-state index contributed by atoms with van der Waals surface area (Å²) in [5.74, 6) is 0.342. The number of hydrogen-bond donors (Lipinski definition) is 0. The van der Waals surface area contributed by atoms with Gasteiger partial charge >= 0.3 is 0 Å². The largest absolute Gasteiger partial charge is 0.334 e. The van der Waals surface area contributed by atoms with Gasteiger partial charge in [-0.15, -0.1) is 0 Å². The molecule has 0 saturated carbocycles. The number of benzene rings is 15. The van der Waals surface area contributed by atoms with Gasteiger partial charge in [0.15, 0.2) is 0 Å². The van der Waals surface area contributed by atoms with Crippen LogP contribution in [0.25, 0.3) is 44.5 Å². The maximum absolute atomic E-state index is 9.96. The fraction of sp³-hybridized carbons (Fsp3) is 0.0200. The van der Waals surface area contributed by atoms with E-state index in [0.29, 0.717) is 29.2 Å². The molecule has 8 nitrogen and oxygen atoms in total. The van der Waals surface area contributed by atoms with Crippen molar-refractivity contribution >= 4 is 150 Å². The fourth-order valence-electron chi connectivity index (χ4n) is 19.8. The monoisotopic (exact) mass is 1420 g/mol. The summed E-state index contributed by atoms with van der Waals surface area (Å²) in [5.41, 5.74) is 40.1. The van der Waals surface area contributed by atoms with Crippen molar-refractivity contribution in [2.45, 2.75) is 11.9 Å². The third-order valence-corrected chi connectivity index (χ3v) is 24.0. The van der Waals surface area contributed by atoms with Gasteiger partial charge in [-0.1, -0.05) is 283 Å². The molecule has 0 spiro atoms. The van der Waals surface area contributed by atoms with Crippen LogP contribution in [0.3, 0.4) is 0 Å². The van der Waals surface area contributed by atoms with E-state index in [2.05, 4.69) is 341 Å². The first-order valence-electron chi connectivity index (χ1n) is 38.2. The van der Waals surface area contributed by atoms with Gasteiger partial charge in [-0.25, -0.2) is 0 Å². The number of rotatable bonds is 4. The number of para-hydroxylation sites is 6. The molecule has 0 radical (unpaired) electrons. The molecule has 24 rings (SSSR count). The molecule has 15 aromatic carbocycles. The van der Waals surface area contributed by atoms with E-state index < -0.39 is 0 Å². The molecule has 0 fully saturated rings. The van der Waals surface area contributed by atoms with Gasteiger partial charge in [-0.05, 0) is 192 Å². The molecule has 8 heterocycles. The van der Waals surface area contributed by atoms with Crippen LogP contribution in [0.15, 0.2) is 364 Å². The number of nitrogens with zero attached hydrogens (tertiary/aromatic N) is 8. The molecule has 2 atom stereocenters. The number of allylic oxidation sites excluding steroid dienone is 2. The minimum absolute atomic E-state index is 0.193. The highest BCUT2D eigenvalue weighted by atomic mass is 15.2. The molecular weight excluding hydrogens is 1360 g/mol. The van der Waals surface area contributed by atoms with Crippen LogP contribution < -0.4 is 79.7 Å². The molecule has 0 N–H and O–H groups in total. The van der Waals surface area contributed by atoms with E-state index in [1.165, 1.54) is 127 Å². The van der Waals surface area contributed by atoms with E-state index in [1.807, 2.05) is 66.7 Å². The number of nitriles is 4. The second kappa shape index (κ2) is 26.6. The number of fused-ring (bicyclic) bond motifs is 20. The highest BCUT2D eigenvalue weighted by Gasteiger charge is 2.50. The number of anilines is 11. The third kappa shape index (κ3) is 9.96. The lowest BCUT2D eigenvalue weighted by Gasteiger charge is -2.45. The third-order valence-electron chi connectivity index (χ3n) is 24.0. The van der Waals surface area contributed by atoms with E-state index in [9.17, 15) is 21.0 Å². The van der Waals surface area contributed by atoms with Gasteiger partial charge < -0.3 is 19.6 Å². The standard InChI is InChI=1S/3C25H15BN2.C25H17BN2/c27-16-17-8-1-5-13-22(17)28-23-14-6-4-12-21(23)26-20-11-3-2-9-18(20)19-10-7-15-24(28)25(19)26;27-16-17-7-5-8-18(15-17)28-23-13-4-3-12-22(23)26-21-11-2-1-9-19(21)20-10-6-14-24(28)25(20)26;27-16-17-14-20-19-10-4-5-11-21(19)26-22-12-6-7-13-23(22)28(24(15-17)25(20)26)18-8-2-1-3-9-18;27-16-17-14-15-20-19-10-4-5-11-21(19)26-22-12-6-7-13-23(22)28(25(17)24(20)26)18-8-2-1-3-9-18/h3*1-15H;1-15,22-23H/t;;;22?,23-/m...1/s1. The predicted molar refractivity (Wildman–Crippen MR) is 464 cm³/mol. The summed E-state index contributed by atoms with van der Waals surface area (Å²) in [6, 6.07) is 128. The molecule has 9 aliphatic rings. The summed E-state index contributed by atoms with van der Waals surface area (Å²) >= 11 is 0. The Morgan fingerprint density at radius 1 is 0.250 bits per heavy atom. The Kier molecular flexibility index (Phi) is 15.5. The molecule has 0 saturated heterocycles. The smallest absolute Gasteiger partial charge is 0.248 e. The molecule has 15 aromatic rings. The van der Waals surface area contributed by atoms with Gasteiger partial charge in [0.25, 0.3) is 0 Å². The van der Waals surface area contributed by atoms with Crippen molar-refractivity contribution < 1.29 is 0 Å². The van der Waals surface area contributed by atoms with Crippen LogP contribution in [-0.2, 0) is 0 Å². The van der Waals surface area contributed by atoms with Crippen LogP contribution in [0.5, 0.6) is 0 Å². The van der Waals surface area contributed by atoms with Gasteiger partial charge in [0.05, 0.1) is 51.8 Å². The highest BCUT2D eigenvalue weighted by Crippen LogP contribution is 2.49. The second-order valence-corrected chi connectivity index (χ2v) is 29.6. The van der Waals surface area contributed by atoms with Gasteiger partial charge in [0.2, 0.25) is 26.9 Å². The lowest BCUT2D eigenvalue weighted by Crippen LogP contribution is -2.56. The molecule has 0 bridgehead atoms. The minimum Gasteiger partial charge on any atom is -0.334 e. The van der Waals surface area contributed by atoms with Gasteiger partial charge in [-0.2, -0.15) is 21.0 Å². The van der Waals surface area contributed by atoms with Crippen LogP contribution in [-0.4, -0.2) is 32.9 Å². The Hall–Kier alpha value is -14.8. The number of hydrogen-bond acceptors (Lipinski definition) is 8. The molecule has 112 heavy (non-hydrogen) atoms. The minimum atomic E-state index is 0.193. The Labute approximate surface area is 652 Å². The highest BCUT2D eigenvalue weighted by molar-refractivity contribution is 7.03. The van der Waals surface area contributed by atoms with E-state index >= 15 is 0 Å². The maximum Gasteiger partial charge on any atom is 0.248 e. The summed E-state index contributed by atoms with van der Waals surface area (Å²) in [5, 5.41) is 38.8. The van der Waals surface area contributed by atoms with Crippen molar-refractivity contribution in [1.82, 2.24) is 0 Å². The molecule has 12 heteroatoms. The molecule has 1 aliphatic carbocycles. The average Bonchev–Trinajstić information content (AvgIpc) is 1.55. The van der Waals surface area contributed by atoms with Crippen molar-refractivity contribution in [3.8, 4) is 68.8 Å². The van der Waals surface area contributed by atoms with E-state index in [1.54, 1.807) is 0 Å². The summed E-state index contributed by atoms with van der Waals surface area (Å²) in [6.45, 7) is 1.00. The van der Waals surface area contributed by atoms with Crippen LogP contribution in [0.4, 0.5) is 62.6 Å². The van der Waals surface area contributed by atoms with Crippen molar-refractivity contribution in [1.29, 1.82) is 21.0 Å². The molecule has 0 aromatic heterocycles. The van der Waals surface area contributed by atoms with Crippen molar-refractivity contribution in [2.75, 3.05) is 19.6 Å². The van der Waals surface area contributed by atoms with E-state index in [0.717, 1.165) is 45.4 Å². The van der Waals surface area contributed by atoms with Crippen LogP contribution >= 0.6 is 0 Å². The molecule has 0 amide bonds. The quantitative estimate of drug-likeness (QED) is 0.160. The maximum atomic E-state index is 9.96. The summed E-state index contributed by atoms with van der Waals surface area (Å²) in [4.78, 5) is 9.24. The van der Waals surface area contributed by atoms with Gasteiger partial charge in [0.1, 0.15) is 12.1 Å². The summed E-state index contributed by atoms with van der Waals surface area (Å²) in [6.07, 6.45) is 8.94. The van der Waals surface area contributed by atoms with Crippen LogP contribution in [0.1, 0.15) is 22.3 Å². The van der Waals surface area contributed by atoms with Gasteiger partial charge in [-0.3, -0.25) is 0 Å². The fourth-order valence-corrected chi connectivity index (χ4v) is 19.8. The normalized spacial score (nSPS) is 14.7. The Bertz CT molecular complexity index is 6660. The first kappa shape index (κ1) is 65.5. The van der Waals surface area contributed by atoms with E-state index in [-0.39, 0.29) is 26.2 Å². The molecular formula is C100H62B4N8. The summed E-state index contributed by atoms with van der Waals surface area (Å²) < 4.78 is 0. The van der Waals surface area contributed by atoms with Crippen LogP contribution in [0, 0.1) is 45.3 Å². The topological polar surface area (TPSA) is 108 Å². The Morgan fingerprint density at radius 3 is 1.23 bits per heavy atom. The molecule has 8 aliphatic heterocycles. The molecule has 1 unspecified atom stereocenters. The first-order chi connectivity index (χ1) is 55.5. The Morgan fingerprint density at radius 2 is 0.661 bits per heavy atom. The molecule has 514 valence electrons. The first-order valence-corrected chi connectivity index (χ1v) is 38.2. The van der Waals surface area contributed by atoms with Crippen molar-refractivity contribution in [3.05, 3.63) is 386 Å². The van der Waals surface area contributed by atoms with Gasteiger partial charge in [0, 0.05) is 51.2 Å². The predicted octanol–water partition coefficient (Wildman–Crippen LogP) is 15.7. The van der Waals surface area contributed by atoms with Crippen LogP contribution in [0.2, 0.25) is 5.82 Å². The zero-order chi connectivity index (χ0) is 74.7. The van der Waals surface area contributed by atoms with Crippen molar-refractivity contribution in [2.24, 2.45) is 0 Å². The lowest BCUT2D eigenvalue weighted by atomic mass is 9.32. The van der Waals surface area contributed by atoms with Crippen molar-refractivity contribution in [3.63, 3.8) is 0 Å². The van der Waals surface area contributed by atoms with E-state index in [4.69, 9.17) is 0 Å². The lowest BCUT2D eigenvalue weighted by molar-refractivity contribution is 0.766. The zero-order valence-electron chi connectivity index (χ0n) is 60.7. The SMILES string of the molecule is N#Cc1cc2c3c(c1)N(c1ccccc1)c1ccccc1B3c1ccccc1-2.N#Cc1ccc2c3c1N(c1ccccc1)[C@@H]1C=CC=CC1B3c1ccccc1-2.N#Cc1cccc(N2c3ccccc3B3c4ccccc4-c4cccc2c43)c1.N#Cc1ccccc1N1c2ccccc2B2c3ccccc3-c3cccc1c32. The average molecular weight is 1420 g/mol. The Balaban J connectivity index is 0.0000000943. The zero-order valence-corrected chi connectivity index (χ0v) is 60.7. The summed E-state index contributed by atoms with van der Waals surface area (Å²) in [7, 11) is 0. The second-order valence-electron chi connectivity index (χ2n) is 29.6.